The zero-order chi connectivity index (χ0) is 15.9. The molecule has 0 amide bonds. The molecule has 1 aromatic carbocycles. The predicted molar refractivity (Wildman–Crippen MR) is 103 cm³/mol. The number of guanidine groups is 1. The molecule has 1 atom stereocenters. The topological polar surface area (TPSA) is 45.7 Å². The zero-order valence-electron chi connectivity index (χ0n) is 13.6. The molecule has 6 heteroatoms. The van der Waals surface area contributed by atoms with E-state index in [-0.39, 0.29) is 35.8 Å². The van der Waals surface area contributed by atoms with Gasteiger partial charge in [0, 0.05) is 13.6 Å². The molecular formula is C17H25FIN3O. The van der Waals surface area contributed by atoms with Crippen LogP contribution in [0.15, 0.2) is 35.8 Å². The van der Waals surface area contributed by atoms with Crippen LogP contribution in [0, 0.1) is 11.7 Å². The van der Waals surface area contributed by atoms with Crippen molar-refractivity contribution in [3.05, 3.63) is 42.2 Å². The van der Waals surface area contributed by atoms with Crippen molar-refractivity contribution in [1.82, 2.24) is 10.6 Å². The first kappa shape index (κ1) is 19.7. The minimum Gasteiger partial charge on any atom is -0.490 e. The van der Waals surface area contributed by atoms with Gasteiger partial charge >= 0.3 is 0 Å². The molecule has 2 rings (SSSR count). The van der Waals surface area contributed by atoms with Gasteiger partial charge in [-0.15, -0.1) is 30.6 Å². The van der Waals surface area contributed by atoms with Gasteiger partial charge in [0.1, 0.15) is 0 Å². The third-order valence-electron chi connectivity index (χ3n) is 3.62. The molecule has 23 heavy (non-hydrogen) atoms. The Balaban J connectivity index is 0.00000264. The number of nitrogens with one attached hydrogen (secondary N) is 2. The smallest absolute Gasteiger partial charge is 0.191 e. The van der Waals surface area contributed by atoms with E-state index in [0.717, 1.165) is 5.56 Å². The number of hydrogen-bond donors (Lipinski definition) is 2. The fourth-order valence-electron chi connectivity index (χ4n) is 2.05. The fourth-order valence-corrected chi connectivity index (χ4v) is 2.05. The molecule has 0 aromatic heterocycles. The first-order valence-electron chi connectivity index (χ1n) is 7.64. The molecule has 1 unspecified atom stereocenters. The Hall–Kier alpha value is -1.31. The van der Waals surface area contributed by atoms with E-state index in [2.05, 4.69) is 22.2 Å². The number of rotatable bonds is 7. The second kappa shape index (κ2) is 9.75. The highest BCUT2D eigenvalue weighted by molar-refractivity contribution is 14.0. The highest BCUT2D eigenvalue weighted by atomic mass is 127. The van der Waals surface area contributed by atoms with Crippen LogP contribution in [0.3, 0.4) is 0 Å². The van der Waals surface area contributed by atoms with E-state index in [1.54, 1.807) is 19.2 Å². The lowest BCUT2D eigenvalue weighted by molar-refractivity contribution is 0.285. The summed E-state index contributed by atoms with van der Waals surface area (Å²) in [7, 11) is 1.69. The molecule has 1 aliphatic rings. The molecular weight excluding hydrogens is 408 g/mol. The first-order valence-corrected chi connectivity index (χ1v) is 7.64. The van der Waals surface area contributed by atoms with Crippen LogP contribution in [0.5, 0.6) is 5.75 Å². The van der Waals surface area contributed by atoms with Crippen LogP contribution < -0.4 is 15.4 Å². The van der Waals surface area contributed by atoms with Gasteiger partial charge in [-0.2, -0.15) is 0 Å². The van der Waals surface area contributed by atoms with Crippen molar-refractivity contribution in [1.29, 1.82) is 0 Å². The van der Waals surface area contributed by atoms with Crippen molar-refractivity contribution in [3.63, 3.8) is 0 Å². The van der Waals surface area contributed by atoms with Gasteiger partial charge in [-0.3, -0.25) is 4.99 Å². The molecule has 4 nitrogen and oxygen atoms in total. The van der Waals surface area contributed by atoms with E-state index < -0.39 is 0 Å². The standard InChI is InChI=1S/C17H24FN3O.HI/c1-4-9-20-17(19-3)21-12(2)14-7-8-16(15(18)10-14)22-11-13-5-6-13;/h4,7-8,10,12-13H,1,5-6,9,11H2,2-3H3,(H2,19,20,21);1H. The summed E-state index contributed by atoms with van der Waals surface area (Å²) in [6, 6.07) is 5.03. The maximum absolute atomic E-state index is 14.1. The lowest BCUT2D eigenvalue weighted by atomic mass is 10.1. The first-order chi connectivity index (χ1) is 10.6. The molecule has 2 N–H and O–H groups in total. The minimum atomic E-state index is -0.319. The van der Waals surface area contributed by atoms with E-state index in [1.807, 2.05) is 13.0 Å². The molecule has 0 bridgehead atoms. The maximum atomic E-state index is 14.1. The van der Waals surface area contributed by atoms with Crippen molar-refractivity contribution >= 4 is 29.9 Å². The second-order valence-corrected chi connectivity index (χ2v) is 5.55. The van der Waals surface area contributed by atoms with Crippen LogP contribution in [0.2, 0.25) is 0 Å². The van der Waals surface area contributed by atoms with Gasteiger partial charge in [0.15, 0.2) is 17.5 Å². The van der Waals surface area contributed by atoms with Crippen LogP contribution in [-0.4, -0.2) is 26.2 Å². The SMILES string of the molecule is C=CCNC(=NC)NC(C)c1ccc(OCC2CC2)c(F)c1.I. The van der Waals surface area contributed by atoms with Crippen LogP contribution in [-0.2, 0) is 0 Å². The summed E-state index contributed by atoms with van der Waals surface area (Å²) >= 11 is 0. The minimum absolute atomic E-state index is 0. The number of benzene rings is 1. The Morgan fingerprint density at radius 1 is 1.52 bits per heavy atom. The van der Waals surface area contributed by atoms with Crippen LogP contribution >= 0.6 is 24.0 Å². The zero-order valence-corrected chi connectivity index (χ0v) is 16.0. The third-order valence-corrected chi connectivity index (χ3v) is 3.62. The predicted octanol–water partition coefficient (Wildman–Crippen LogP) is 3.64. The Labute approximate surface area is 154 Å². The summed E-state index contributed by atoms with van der Waals surface area (Å²) in [5, 5.41) is 6.30. The summed E-state index contributed by atoms with van der Waals surface area (Å²) in [6.45, 7) is 6.84. The molecule has 1 aliphatic carbocycles. The van der Waals surface area contributed by atoms with Crippen molar-refractivity contribution in [2.75, 3.05) is 20.2 Å². The number of hydrogen-bond acceptors (Lipinski definition) is 2. The largest absolute Gasteiger partial charge is 0.490 e. The molecule has 0 heterocycles. The molecule has 0 radical (unpaired) electrons. The lowest BCUT2D eigenvalue weighted by Crippen LogP contribution is -2.38. The average molecular weight is 433 g/mol. The van der Waals surface area contributed by atoms with Gasteiger partial charge in [0.2, 0.25) is 0 Å². The highest BCUT2D eigenvalue weighted by Crippen LogP contribution is 2.30. The summed E-state index contributed by atoms with van der Waals surface area (Å²) < 4.78 is 19.6. The monoisotopic (exact) mass is 433 g/mol. The summed E-state index contributed by atoms with van der Waals surface area (Å²) in [5.41, 5.74) is 0.845. The van der Waals surface area contributed by atoms with Gasteiger partial charge < -0.3 is 15.4 Å². The summed E-state index contributed by atoms with van der Waals surface area (Å²) in [5.74, 6) is 1.28. The molecule has 0 saturated heterocycles. The van der Waals surface area contributed by atoms with E-state index >= 15 is 0 Å². The second-order valence-electron chi connectivity index (χ2n) is 5.55. The maximum Gasteiger partial charge on any atom is 0.191 e. The Morgan fingerprint density at radius 2 is 2.26 bits per heavy atom. The molecule has 0 spiro atoms. The number of nitrogens with zero attached hydrogens (tertiary/aromatic N) is 1. The number of aliphatic imine (C=N–C) groups is 1. The van der Waals surface area contributed by atoms with E-state index in [1.165, 1.54) is 18.9 Å². The van der Waals surface area contributed by atoms with Gasteiger partial charge in [-0.1, -0.05) is 12.1 Å². The molecule has 1 saturated carbocycles. The van der Waals surface area contributed by atoms with Crippen molar-refractivity contribution in [2.45, 2.75) is 25.8 Å². The van der Waals surface area contributed by atoms with E-state index in [0.29, 0.717) is 30.8 Å². The molecule has 1 aromatic rings. The average Bonchev–Trinajstić information content (AvgIpc) is 3.34. The summed E-state index contributed by atoms with van der Waals surface area (Å²) in [4.78, 5) is 4.12. The molecule has 1 fully saturated rings. The third kappa shape index (κ3) is 6.37. The quantitative estimate of drug-likeness (QED) is 0.299. The Morgan fingerprint density at radius 3 is 2.83 bits per heavy atom. The van der Waals surface area contributed by atoms with Gasteiger partial charge in [-0.05, 0) is 43.4 Å². The lowest BCUT2D eigenvalue weighted by Gasteiger charge is -2.18. The van der Waals surface area contributed by atoms with Gasteiger partial charge in [-0.25, -0.2) is 4.39 Å². The van der Waals surface area contributed by atoms with E-state index in [9.17, 15) is 4.39 Å². The summed E-state index contributed by atoms with van der Waals surface area (Å²) in [6.07, 6.45) is 4.14. The Kier molecular flexibility index (Phi) is 8.36. The van der Waals surface area contributed by atoms with Crippen LogP contribution in [0.4, 0.5) is 4.39 Å². The van der Waals surface area contributed by atoms with Crippen LogP contribution in [0.25, 0.3) is 0 Å². The normalized spacial score (nSPS) is 15.3. The molecule has 128 valence electrons. The number of halogens is 2. The van der Waals surface area contributed by atoms with Crippen molar-refractivity contribution in [2.24, 2.45) is 10.9 Å². The molecule has 0 aliphatic heterocycles. The highest BCUT2D eigenvalue weighted by Gasteiger charge is 2.22. The van der Waals surface area contributed by atoms with Crippen molar-refractivity contribution < 1.29 is 9.13 Å². The number of ether oxygens (including phenoxy) is 1. The fraction of sp³-hybridized carbons (Fsp3) is 0.471. The Bertz CT molecular complexity index is 547. The van der Waals surface area contributed by atoms with Crippen molar-refractivity contribution in [3.8, 4) is 5.75 Å². The van der Waals surface area contributed by atoms with E-state index in [4.69, 9.17) is 4.74 Å². The van der Waals surface area contributed by atoms with Gasteiger partial charge in [0.05, 0.1) is 12.6 Å². The van der Waals surface area contributed by atoms with Gasteiger partial charge in [0.25, 0.3) is 0 Å². The van der Waals surface area contributed by atoms with Crippen LogP contribution in [0.1, 0.15) is 31.4 Å².